The van der Waals surface area contributed by atoms with Gasteiger partial charge in [-0.05, 0) is 13.0 Å². The normalized spacial score (nSPS) is 12.9. The first-order valence-corrected chi connectivity index (χ1v) is 7.41. The van der Waals surface area contributed by atoms with Gasteiger partial charge in [0.05, 0.1) is 21.4 Å². The van der Waals surface area contributed by atoms with Crippen molar-refractivity contribution in [2.45, 2.75) is 33.7 Å². The lowest BCUT2D eigenvalue weighted by Gasteiger charge is -2.23. The molecule has 0 radical (unpaired) electrons. The number of nitrogens with zero attached hydrogens (tertiary/aromatic N) is 3. The van der Waals surface area contributed by atoms with Crippen molar-refractivity contribution in [3.63, 3.8) is 0 Å². The number of thiocarbonyl (C=S) groups is 1. The van der Waals surface area contributed by atoms with E-state index < -0.39 is 0 Å². The van der Waals surface area contributed by atoms with E-state index in [2.05, 4.69) is 23.8 Å². The molecular formula is C13H23ClN4S. The molecule has 2 N–H and O–H groups in total. The van der Waals surface area contributed by atoms with E-state index in [1.165, 1.54) is 0 Å². The lowest BCUT2D eigenvalue weighted by molar-refractivity contribution is 0.257. The Balaban J connectivity index is 2.81. The summed E-state index contributed by atoms with van der Waals surface area (Å²) >= 11 is 11.4. The topological polar surface area (TPSA) is 47.1 Å². The predicted octanol–water partition coefficient (Wildman–Crippen LogP) is 2.38. The first-order valence-electron chi connectivity index (χ1n) is 6.62. The van der Waals surface area contributed by atoms with Gasteiger partial charge < -0.3 is 5.73 Å². The molecule has 0 aromatic carbocycles. The number of halogens is 1. The van der Waals surface area contributed by atoms with Crippen LogP contribution in [0.25, 0.3) is 0 Å². The van der Waals surface area contributed by atoms with Crippen LogP contribution in [0.15, 0.2) is 0 Å². The maximum Gasteiger partial charge on any atom is 0.0863 e. The molecule has 0 aliphatic carbocycles. The summed E-state index contributed by atoms with van der Waals surface area (Å²) in [6, 6.07) is 0. The third-order valence-corrected chi connectivity index (χ3v) is 4.18. The Labute approximate surface area is 125 Å². The van der Waals surface area contributed by atoms with Gasteiger partial charge >= 0.3 is 0 Å². The summed E-state index contributed by atoms with van der Waals surface area (Å²) in [5.41, 5.74) is 7.69. The summed E-state index contributed by atoms with van der Waals surface area (Å²) in [5, 5.41) is 5.22. The van der Waals surface area contributed by atoms with Crippen molar-refractivity contribution >= 4 is 28.8 Å². The van der Waals surface area contributed by atoms with Gasteiger partial charge in [0.1, 0.15) is 0 Å². The molecule has 1 heterocycles. The van der Waals surface area contributed by atoms with Crippen LogP contribution in [0.3, 0.4) is 0 Å². The molecule has 1 atom stereocenters. The number of hydrogen-bond donors (Lipinski definition) is 1. The zero-order valence-electron chi connectivity index (χ0n) is 12.1. The number of rotatable bonds is 7. The molecule has 0 aliphatic heterocycles. The van der Waals surface area contributed by atoms with Gasteiger partial charge in [0, 0.05) is 26.1 Å². The van der Waals surface area contributed by atoms with E-state index in [0.717, 1.165) is 42.5 Å². The van der Waals surface area contributed by atoms with Crippen LogP contribution in [0.2, 0.25) is 5.02 Å². The molecule has 1 aromatic heterocycles. The van der Waals surface area contributed by atoms with Gasteiger partial charge in [-0.1, -0.05) is 44.6 Å². The average Bonchev–Trinajstić information content (AvgIpc) is 2.64. The predicted molar refractivity (Wildman–Crippen MR) is 84.5 cm³/mol. The van der Waals surface area contributed by atoms with Crippen LogP contribution < -0.4 is 5.73 Å². The van der Waals surface area contributed by atoms with Crippen molar-refractivity contribution in [1.29, 1.82) is 0 Å². The van der Waals surface area contributed by atoms with Crippen molar-refractivity contribution < 1.29 is 0 Å². The highest BCUT2D eigenvalue weighted by atomic mass is 35.5. The molecule has 0 bridgehead atoms. The lowest BCUT2D eigenvalue weighted by Crippen LogP contribution is -2.34. The zero-order valence-corrected chi connectivity index (χ0v) is 13.7. The minimum Gasteiger partial charge on any atom is -0.393 e. The van der Waals surface area contributed by atoms with Gasteiger partial charge in [-0.3, -0.25) is 9.58 Å². The fraction of sp³-hybridized carbons (Fsp3) is 0.692. The standard InChI is InChI=1S/C13H23ClN4S/c1-5-10-12(14)11(17(4)16-10)8-18(6-2)7-9(3)13(15)19/h9H,5-8H2,1-4H3,(H2,15,19). The van der Waals surface area contributed by atoms with Crippen molar-refractivity contribution in [3.8, 4) is 0 Å². The number of aromatic nitrogens is 2. The lowest BCUT2D eigenvalue weighted by atomic mass is 10.1. The van der Waals surface area contributed by atoms with E-state index in [9.17, 15) is 0 Å². The number of aryl methyl sites for hydroxylation is 2. The molecule has 0 spiro atoms. The quantitative estimate of drug-likeness (QED) is 0.786. The second-order valence-corrected chi connectivity index (χ2v) is 5.67. The maximum absolute atomic E-state index is 6.37. The van der Waals surface area contributed by atoms with Crippen molar-refractivity contribution in [1.82, 2.24) is 14.7 Å². The monoisotopic (exact) mass is 302 g/mol. The molecule has 1 unspecified atom stereocenters. The smallest absolute Gasteiger partial charge is 0.0863 e. The first kappa shape index (κ1) is 16.4. The summed E-state index contributed by atoms with van der Waals surface area (Å²) in [5.74, 6) is 0.201. The second-order valence-electron chi connectivity index (χ2n) is 4.82. The van der Waals surface area contributed by atoms with Gasteiger partial charge in [0.15, 0.2) is 0 Å². The Bertz CT molecular complexity index is 444. The first-order chi connectivity index (χ1) is 8.90. The highest BCUT2D eigenvalue weighted by molar-refractivity contribution is 7.80. The molecule has 108 valence electrons. The van der Waals surface area contributed by atoms with Crippen LogP contribution in [0, 0.1) is 5.92 Å². The highest BCUT2D eigenvalue weighted by Crippen LogP contribution is 2.22. The summed E-state index contributed by atoms with van der Waals surface area (Å²) in [6.07, 6.45) is 0.849. The fourth-order valence-corrected chi connectivity index (χ4v) is 2.41. The van der Waals surface area contributed by atoms with Crippen LogP contribution in [-0.2, 0) is 20.0 Å². The van der Waals surface area contributed by atoms with E-state index in [-0.39, 0.29) is 5.92 Å². The summed E-state index contributed by atoms with van der Waals surface area (Å²) < 4.78 is 1.87. The van der Waals surface area contributed by atoms with Gasteiger partial charge in [0.25, 0.3) is 0 Å². The molecule has 0 aliphatic rings. The van der Waals surface area contributed by atoms with E-state index in [0.29, 0.717) is 4.99 Å². The van der Waals surface area contributed by atoms with E-state index >= 15 is 0 Å². The second kappa shape index (κ2) is 7.22. The molecular weight excluding hydrogens is 280 g/mol. The van der Waals surface area contributed by atoms with Crippen LogP contribution >= 0.6 is 23.8 Å². The number of hydrogen-bond acceptors (Lipinski definition) is 3. The number of nitrogens with two attached hydrogens (primary N) is 1. The summed E-state index contributed by atoms with van der Waals surface area (Å²) in [7, 11) is 1.94. The Morgan fingerprint density at radius 1 is 1.53 bits per heavy atom. The minimum atomic E-state index is 0.201. The van der Waals surface area contributed by atoms with E-state index in [4.69, 9.17) is 29.6 Å². The summed E-state index contributed by atoms with van der Waals surface area (Å²) in [6.45, 7) is 8.77. The molecule has 0 saturated heterocycles. The molecule has 1 aromatic rings. The zero-order chi connectivity index (χ0) is 14.6. The molecule has 19 heavy (non-hydrogen) atoms. The molecule has 0 amide bonds. The van der Waals surface area contributed by atoms with Crippen molar-refractivity contribution in [2.24, 2.45) is 18.7 Å². The van der Waals surface area contributed by atoms with Crippen LogP contribution in [0.4, 0.5) is 0 Å². The maximum atomic E-state index is 6.37. The molecule has 4 nitrogen and oxygen atoms in total. The van der Waals surface area contributed by atoms with Crippen molar-refractivity contribution in [2.75, 3.05) is 13.1 Å². The molecule has 0 saturated carbocycles. The van der Waals surface area contributed by atoms with Gasteiger partial charge in [-0.15, -0.1) is 0 Å². The van der Waals surface area contributed by atoms with Gasteiger partial charge in [-0.25, -0.2) is 0 Å². The Hall–Kier alpha value is -0.650. The van der Waals surface area contributed by atoms with Gasteiger partial charge in [0.2, 0.25) is 0 Å². The third-order valence-electron chi connectivity index (χ3n) is 3.34. The van der Waals surface area contributed by atoms with E-state index in [1.54, 1.807) is 0 Å². The minimum absolute atomic E-state index is 0.201. The van der Waals surface area contributed by atoms with Gasteiger partial charge in [-0.2, -0.15) is 5.10 Å². The Morgan fingerprint density at radius 3 is 2.58 bits per heavy atom. The highest BCUT2D eigenvalue weighted by Gasteiger charge is 2.17. The fourth-order valence-electron chi connectivity index (χ4n) is 1.99. The third kappa shape index (κ3) is 4.16. The summed E-state index contributed by atoms with van der Waals surface area (Å²) in [4.78, 5) is 2.84. The van der Waals surface area contributed by atoms with Crippen LogP contribution in [0.1, 0.15) is 32.2 Å². The molecule has 1 rings (SSSR count). The SMILES string of the molecule is CCc1nn(C)c(CN(CC)CC(C)C(N)=S)c1Cl. The van der Waals surface area contributed by atoms with Crippen LogP contribution in [-0.4, -0.2) is 32.8 Å². The molecule has 0 fully saturated rings. The average molecular weight is 303 g/mol. The van der Waals surface area contributed by atoms with E-state index in [1.807, 2.05) is 18.7 Å². The Kier molecular flexibility index (Phi) is 6.23. The van der Waals surface area contributed by atoms with Crippen LogP contribution in [0.5, 0.6) is 0 Å². The van der Waals surface area contributed by atoms with Crippen molar-refractivity contribution in [3.05, 3.63) is 16.4 Å². The molecule has 6 heteroatoms. The largest absolute Gasteiger partial charge is 0.393 e. The Morgan fingerprint density at radius 2 is 2.16 bits per heavy atom.